The molecule has 0 aliphatic carbocycles. The van der Waals surface area contributed by atoms with Gasteiger partial charge in [-0.3, -0.25) is 4.79 Å². The van der Waals surface area contributed by atoms with Crippen molar-refractivity contribution in [3.8, 4) is 0 Å². The van der Waals surface area contributed by atoms with Crippen LogP contribution < -0.4 is 5.32 Å². The van der Waals surface area contributed by atoms with Gasteiger partial charge in [0, 0.05) is 31.1 Å². The summed E-state index contributed by atoms with van der Waals surface area (Å²) in [5.74, 6) is 1.93. The van der Waals surface area contributed by atoms with E-state index in [9.17, 15) is 4.79 Å². The van der Waals surface area contributed by atoms with Crippen LogP contribution in [0.15, 0.2) is 15.1 Å². The summed E-state index contributed by atoms with van der Waals surface area (Å²) in [6.07, 6.45) is 1.64. The molecule has 26 heavy (non-hydrogen) atoms. The number of carbonyl (C=O) groups excluding carboxylic acids is 1. The first-order valence-electron chi connectivity index (χ1n) is 9.14. The van der Waals surface area contributed by atoms with E-state index in [4.69, 9.17) is 13.8 Å². The molecule has 1 fully saturated rings. The minimum Gasteiger partial charge on any atom is -0.381 e. The van der Waals surface area contributed by atoms with Gasteiger partial charge in [-0.15, -0.1) is 0 Å². The number of ether oxygens (including phenoxy) is 1. The number of hydrogen-bond acceptors (Lipinski definition) is 7. The summed E-state index contributed by atoms with van der Waals surface area (Å²) in [4.78, 5) is 17.2. The molecule has 1 unspecified atom stereocenters. The summed E-state index contributed by atoms with van der Waals surface area (Å²) >= 11 is 0. The minimum absolute atomic E-state index is 0.155. The van der Waals surface area contributed by atoms with Crippen LogP contribution in [0.1, 0.15) is 86.4 Å². The van der Waals surface area contributed by atoms with Crippen LogP contribution in [-0.2, 0) is 4.74 Å². The lowest BCUT2D eigenvalue weighted by Gasteiger charge is -2.28. The van der Waals surface area contributed by atoms with E-state index in [0.29, 0.717) is 30.7 Å². The van der Waals surface area contributed by atoms with E-state index in [1.807, 2.05) is 27.7 Å². The van der Waals surface area contributed by atoms with Crippen molar-refractivity contribution in [2.75, 3.05) is 13.2 Å². The van der Waals surface area contributed by atoms with E-state index in [2.05, 4.69) is 20.6 Å². The van der Waals surface area contributed by atoms with Crippen LogP contribution in [0.4, 0.5) is 0 Å². The van der Waals surface area contributed by atoms with Gasteiger partial charge in [0.05, 0.1) is 0 Å². The zero-order valence-electron chi connectivity index (χ0n) is 15.7. The normalized spacial score (nSPS) is 17.0. The van der Waals surface area contributed by atoms with Crippen molar-refractivity contribution in [1.82, 2.24) is 20.6 Å². The summed E-state index contributed by atoms with van der Waals surface area (Å²) in [5.41, 5.74) is 0.259. The van der Waals surface area contributed by atoms with Crippen LogP contribution in [0.5, 0.6) is 0 Å². The van der Waals surface area contributed by atoms with Crippen molar-refractivity contribution in [1.29, 1.82) is 0 Å². The van der Waals surface area contributed by atoms with Crippen LogP contribution in [-0.4, -0.2) is 34.4 Å². The number of carbonyl (C=O) groups is 1. The van der Waals surface area contributed by atoms with E-state index in [1.165, 1.54) is 0 Å². The highest BCUT2D eigenvalue weighted by molar-refractivity contribution is 5.92. The lowest BCUT2D eigenvalue weighted by Crippen LogP contribution is -2.36. The Morgan fingerprint density at radius 1 is 1.12 bits per heavy atom. The van der Waals surface area contributed by atoms with E-state index in [0.717, 1.165) is 12.8 Å². The van der Waals surface area contributed by atoms with Gasteiger partial charge in [-0.25, -0.2) is 0 Å². The predicted molar refractivity (Wildman–Crippen MR) is 92.7 cm³/mol. The van der Waals surface area contributed by atoms with Crippen LogP contribution in [0.25, 0.3) is 0 Å². The highest BCUT2D eigenvalue weighted by Gasteiger charge is 2.32. The molecule has 1 aliphatic heterocycles. The molecule has 8 heteroatoms. The van der Waals surface area contributed by atoms with Gasteiger partial charge < -0.3 is 19.1 Å². The maximum Gasteiger partial charge on any atom is 0.274 e. The number of nitrogens with one attached hydrogen (secondary N) is 1. The molecule has 0 bridgehead atoms. The Balaban J connectivity index is 1.80. The second-order valence-corrected chi connectivity index (χ2v) is 7.32. The van der Waals surface area contributed by atoms with Crippen molar-refractivity contribution in [2.45, 2.75) is 58.4 Å². The summed E-state index contributed by atoms with van der Waals surface area (Å²) in [5, 5.41) is 10.9. The fourth-order valence-electron chi connectivity index (χ4n) is 2.92. The lowest BCUT2D eigenvalue weighted by molar-refractivity contribution is 0.0466. The van der Waals surface area contributed by atoms with Gasteiger partial charge in [-0.05, 0) is 18.8 Å². The highest BCUT2D eigenvalue weighted by atomic mass is 16.5. The first kappa shape index (κ1) is 18.6. The SMILES string of the molecule is CC(C)c1noc(C(NC(=O)c2cc(C(C)C)on2)C2CCOCC2)n1. The standard InChI is InChI=1S/C18H26N4O4/c1-10(2)14-9-13(21-25-14)17(23)19-15(12-5-7-24-8-6-12)18-20-16(11(3)4)22-26-18/h9-12,15H,5-8H2,1-4H3,(H,19,23). The number of aromatic nitrogens is 3. The Hall–Kier alpha value is -2.22. The molecule has 1 N–H and O–H groups in total. The van der Waals surface area contributed by atoms with Crippen molar-refractivity contribution in [3.63, 3.8) is 0 Å². The van der Waals surface area contributed by atoms with Gasteiger partial charge in [0.25, 0.3) is 5.91 Å². The Labute approximate surface area is 152 Å². The van der Waals surface area contributed by atoms with E-state index in [-0.39, 0.29) is 35.4 Å². The molecule has 0 aromatic carbocycles. The molecule has 2 aromatic rings. The van der Waals surface area contributed by atoms with Gasteiger partial charge >= 0.3 is 0 Å². The van der Waals surface area contributed by atoms with Gasteiger partial charge in [0.2, 0.25) is 5.89 Å². The first-order chi connectivity index (χ1) is 12.5. The Morgan fingerprint density at radius 2 is 1.85 bits per heavy atom. The third-order valence-corrected chi connectivity index (χ3v) is 4.59. The van der Waals surface area contributed by atoms with Gasteiger partial charge in [-0.2, -0.15) is 4.98 Å². The van der Waals surface area contributed by atoms with Crippen molar-refractivity contribution < 1.29 is 18.6 Å². The summed E-state index contributed by atoms with van der Waals surface area (Å²) in [6.45, 7) is 9.28. The lowest BCUT2D eigenvalue weighted by atomic mass is 9.91. The topological polar surface area (TPSA) is 103 Å². The zero-order valence-corrected chi connectivity index (χ0v) is 15.7. The maximum absolute atomic E-state index is 12.7. The maximum atomic E-state index is 12.7. The number of hydrogen-bond donors (Lipinski definition) is 1. The third-order valence-electron chi connectivity index (χ3n) is 4.59. The van der Waals surface area contributed by atoms with Crippen LogP contribution in [0.3, 0.4) is 0 Å². The van der Waals surface area contributed by atoms with Gasteiger partial charge in [0.15, 0.2) is 11.5 Å². The monoisotopic (exact) mass is 362 g/mol. The molecule has 0 radical (unpaired) electrons. The van der Waals surface area contributed by atoms with E-state index >= 15 is 0 Å². The van der Waals surface area contributed by atoms with Crippen LogP contribution >= 0.6 is 0 Å². The molecule has 3 heterocycles. The molecular formula is C18H26N4O4. The molecular weight excluding hydrogens is 336 g/mol. The first-order valence-corrected chi connectivity index (χ1v) is 9.14. The third kappa shape index (κ3) is 4.12. The molecule has 1 aliphatic rings. The smallest absolute Gasteiger partial charge is 0.274 e. The Kier molecular flexibility index (Phi) is 5.70. The summed E-state index contributed by atoms with van der Waals surface area (Å²) in [6, 6.07) is 1.31. The number of amides is 1. The minimum atomic E-state index is -0.370. The predicted octanol–water partition coefficient (Wildman–Crippen LogP) is 3.20. The van der Waals surface area contributed by atoms with Gasteiger partial charge in [-0.1, -0.05) is 38.0 Å². The molecule has 2 aromatic heterocycles. The van der Waals surface area contributed by atoms with Crippen LogP contribution in [0, 0.1) is 5.92 Å². The number of rotatable bonds is 6. The molecule has 0 spiro atoms. The molecule has 8 nitrogen and oxygen atoms in total. The molecule has 142 valence electrons. The largest absolute Gasteiger partial charge is 0.381 e. The fraction of sp³-hybridized carbons (Fsp3) is 0.667. The van der Waals surface area contributed by atoms with Crippen molar-refractivity contribution in [2.24, 2.45) is 5.92 Å². The second kappa shape index (κ2) is 7.99. The average molecular weight is 362 g/mol. The van der Waals surface area contributed by atoms with E-state index < -0.39 is 0 Å². The Bertz CT molecular complexity index is 731. The molecule has 1 saturated heterocycles. The highest BCUT2D eigenvalue weighted by Crippen LogP contribution is 2.30. The second-order valence-electron chi connectivity index (χ2n) is 7.32. The average Bonchev–Trinajstić information content (AvgIpc) is 3.30. The summed E-state index contributed by atoms with van der Waals surface area (Å²) in [7, 11) is 0. The van der Waals surface area contributed by atoms with E-state index in [1.54, 1.807) is 6.07 Å². The van der Waals surface area contributed by atoms with Crippen molar-refractivity contribution in [3.05, 3.63) is 29.2 Å². The summed E-state index contributed by atoms with van der Waals surface area (Å²) < 4.78 is 16.1. The van der Waals surface area contributed by atoms with Gasteiger partial charge in [0.1, 0.15) is 11.8 Å². The Morgan fingerprint density at radius 3 is 2.42 bits per heavy atom. The fourth-order valence-corrected chi connectivity index (χ4v) is 2.92. The van der Waals surface area contributed by atoms with Crippen LogP contribution in [0.2, 0.25) is 0 Å². The molecule has 0 saturated carbocycles. The van der Waals surface area contributed by atoms with Crippen molar-refractivity contribution >= 4 is 5.91 Å². The molecule has 1 amide bonds. The quantitative estimate of drug-likeness (QED) is 0.841. The molecule has 1 atom stereocenters. The zero-order chi connectivity index (χ0) is 18.7. The molecule has 3 rings (SSSR count). The number of nitrogens with zero attached hydrogens (tertiary/aromatic N) is 3.